The summed E-state index contributed by atoms with van der Waals surface area (Å²) < 4.78 is 33.6. The largest absolute Gasteiger partial charge is 0.490 e. The average Bonchev–Trinajstić information content (AvgIpc) is 3.33. The maximum atomic E-state index is 10.6. The number of nitrogens with two attached hydrogens (primary N) is 1. The standard InChI is InChI=1S/C25H26N6O.C2HF3O2/c1-3-17-8-7-11-20(16-17)22(27-21-14-12-18(13-15-21)23(26)30-32)25-28-24(29-31(25)2)19-9-5-4-6-10-19;3-2(4,5)1(6)7/h4-16,22,27,32H,3H2,1-2H3,(H2,26,30);(H,6,7). The molecule has 0 amide bonds. The zero-order valence-corrected chi connectivity index (χ0v) is 21.1. The molecule has 4 rings (SSSR count). The lowest BCUT2D eigenvalue weighted by molar-refractivity contribution is -0.192. The van der Waals surface area contributed by atoms with Gasteiger partial charge in [0.2, 0.25) is 0 Å². The number of hydrogen-bond donors (Lipinski definition) is 4. The number of oxime groups is 1. The van der Waals surface area contributed by atoms with Crippen molar-refractivity contribution in [3.05, 3.63) is 101 Å². The van der Waals surface area contributed by atoms with Crippen molar-refractivity contribution in [2.75, 3.05) is 5.32 Å². The number of halogens is 3. The first kappa shape index (κ1) is 28.7. The van der Waals surface area contributed by atoms with Gasteiger partial charge in [-0.1, -0.05) is 66.7 Å². The zero-order valence-electron chi connectivity index (χ0n) is 21.1. The fraction of sp³-hybridized carbons (Fsp3) is 0.185. The quantitative estimate of drug-likeness (QED) is 0.112. The highest BCUT2D eigenvalue weighted by Crippen LogP contribution is 2.28. The van der Waals surface area contributed by atoms with Gasteiger partial charge in [0.05, 0.1) is 0 Å². The van der Waals surface area contributed by atoms with Crippen LogP contribution in [-0.4, -0.2) is 43.1 Å². The molecule has 0 aliphatic heterocycles. The molecule has 9 nitrogen and oxygen atoms in total. The summed E-state index contributed by atoms with van der Waals surface area (Å²) >= 11 is 0. The number of nitrogens with one attached hydrogen (secondary N) is 1. The number of carboxylic acid groups (broad SMARTS) is 1. The third-order valence-electron chi connectivity index (χ3n) is 5.62. The fourth-order valence-electron chi connectivity index (χ4n) is 3.61. The van der Waals surface area contributed by atoms with Crippen LogP contribution >= 0.6 is 0 Å². The van der Waals surface area contributed by atoms with Gasteiger partial charge < -0.3 is 21.4 Å². The van der Waals surface area contributed by atoms with E-state index in [0.717, 1.165) is 29.1 Å². The Morgan fingerprint density at radius 2 is 1.72 bits per heavy atom. The minimum atomic E-state index is -5.08. The van der Waals surface area contributed by atoms with Crippen molar-refractivity contribution >= 4 is 17.5 Å². The summed E-state index contributed by atoms with van der Waals surface area (Å²) in [5, 5.41) is 27.3. The van der Waals surface area contributed by atoms with Gasteiger partial charge in [0.1, 0.15) is 6.04 Å². The number of anilines is 1. The summed E-state index contributed by atoms with van der Waals surface area (Å²) in [5.74, 6) is -1.20. The van der Waals surface area contributed by atoms with Crippen LogP contribution in [0.15, 0.2) is 84.0 Å². The number of aliphatic carboxylic acids is 1. The first-order valence-corrected chi connectivity index (χ1v) is 11.7. The van der Waals surface area contributed by atoms with E-state index in [4.69, 9.17) is 25.8 Å². The molecule has 0 fully saturated rings. The van der Waals surface area contributed by atoms with E-state index in [1.165, 1.54) is 5.56 Å². The number of alkyl halides is 3. The molecule has 1 atom stereocenters. The van der Waals surface area contributed by atoms with E-state index < -0.39 is 12.1 Å². The summed E-state index contributed by atoms with van der Waals surface area (Å²) in [4.78, 5) is 13.8. The Kier molecular flexibility index (Phi) is 9.26. The van der Waals surface area contributed by atoms with Crippen LogP contribution in [0.2, 0.25) is 0 Å². The molecule has 4 aromatic rings. The van der Waals surface area contributed by atoms with Crippen LogP contribution in [0, 0.1) is 0 Å². The zero-order chi connectivity index (χ0) is 28.6. The lowest BCUT2D eigenvalue weighted by Gasteiger charge is -2.20. The first-order chi connectivity index (χ1) is 18.5. The monoisotopic (exact) mass is 540 g/mol. The molecule has 0 saturated heterocycles. The van der Waals surface area contributed by atoms with Crippen LogP contribution in [0.4, 0.5) is 18.9 Å². The summed E-state index contributed by atoms with van der Waals surface area (Å²) in [6, 6.07) is 25.6. The second-order valence-corrected chi connectivity index (χ2v) is 8.32. The van der Waals surface area contributed by atoms with Crippen molar-refractivity contribution in [3.63, 3.8) is 0 Å². The molecular weight excluding hydrogens is 513 g/mol. The molecule has 204 valence electrons. The summed E-state index contributed by atoms with van der Waals surface area (Å²) in [5.41, 5.74) is 10.5. The summed E-state index contributed by atoms with van der Waals surface area (Å²) in [6.07, 6.45) is -4.14. The van der Waals surface area contributed by atoms with Crippen molar-refractivity contribution in [1.82, 2.24) is 14.8 Å². The van der Waals surface area contributed by atoms with Crippen molar-refractivity contribution < 1.29 is 28.3 Å². The SMILES string of the molecule is CCc1cccc(C(Nc2ccc(/C(N)=N/O)cc2)c2nc(-c3ccccc3)nn2C)c1.O=C(O)C(F)(F)F. The number of hydrogen-bond acceptors (Lipinski definition) is 6. The Bertz CT molecular complexity index is 1420. The van der Waals surface area contributed by atoms with E-state index in [2.05, 4.69) is 46.8 Å². The normalized spacial score (nSPS) is 12.3. The minimum absolute atomic E-state index is 0.0737. The number of benzene rings is 3. The fourth-order valence-corrected chi connectivity index (χ4v) is 3.61. The lowest BCUT2D eigenvalue weighted by Crippen LogP contribution is -2.21. The number of aromatic nitrogens is 3. The van der Waals surface area contributed by atoms with Gasteiger partial charge in [0, 0.05) is 23.9 Å². The molecule has 1 unspecified atom stereocenters. The molecule has 0 aliphatic carbocycles. The van der Waals surface area contributed by atoms with Crippen LogP contribution in [0.25, 0.3) is 11.4 Å². The minimum Gasteiger partial charge on any atom is -0.475 e. The number of nitrogens with zero attached hydrogens (tertiary/aromatic N) is 4. The van der Waals surface area contributed by atoms with Gasteiger partial charge in [0.25, 0.3) is 0 Å². The van der Waals surface area contributed by atoms with Crippen LogP contribution in [0.1, 0.15) is 35.5 Å². The second kappa shape index (κ2) is 12.6. The van der Waals surface area contributed by atoms with Crippen molar-refractivity contribution in [2.24, 2.45) is 17.9 Å². The smallest absolute Gasteiger partial charge is 0.475 e. The summed E-state index contributed by atoms with van der Waals surface area (Å²) in [7, 11) is 1.91. The Morgan fingerprint density at radius 1 is 1.08 bits per heavy atom. The molecule has 0 spiro atoms. The van der Waals surface area contributed by atoms with E-state index >= 15 is 0 Å². The van der Waals surface area contributed by atoms with Gasteiger partial charge in [0.15, 0.2) is 17.5 Å². The molecule has 3 aromatic carbocycles. The molecule has 0 saturated carbocycles. The van der Waals surface area contributed by atoms with Gasteiger partial charge in [-0.05, 0) is 41.8 Å². The summed E-state index contributed by atoms with van der Waals surface area (Å²) in [6.45, 7) is 2.14. The van der Waals surface area contributed by atoms with E-state index in [0.29, 0.717) is 11.4 Å². The molecule has 0 radical (unpaired) electrons. The predicted octanol–water partition coefficient (Wildman–Crippen LogP) is 4.97. The van der Waals surface area contributed by atoms with Crippen molar-refractivity contribution in [3.8, 4) is 11.4 Å². The van der Waals surface area contributed by atoms with Gasteiger partial charge >= 0.3 is 12.1 Å². The molecule has 1 aromatic heterocycles. The lowest BCUT2D eigenvalue weighted by atomic mass is 10.0. The van der Waals surface area contributed by atoms with Crippen molar-refractivity contribution in [1.29, 1.82) is 0 Å². The van der Waals surface area contributed by atoms with Crippen LogP contribution < -0.4 is 11.1 Å². The Morgan fingerprint density at radius 3 is 2.28 bits per heavy atom. The third-order valence-corrected chi connectivity index (χ3v) is 5.62. The molecule has 1 heterocycles. The molecule has 0 bridgehead atoms. The number of carboxylic acids is 1. The van der Waals surface area contributed by atoms with Crippen LogP contribution in [-0.2, 0) is 18.3 Å². The molecule has 39 heavy (non-hydrogen) atoms. The van der Waals surface area contributed by atoms with Gasteiger partial charge in [-0.15, -0.1) is 0 Å². The first-order valence-electron chi connectivity index (χ1n) is 11.7. The topological polar surface area (TPSA) is 139 Å². The van der Waals surface area contributed by atoms with E-state index in [9.17, 15) is 13.2 Å². The van der Waals surface area contributed by atoms with Gasteiger partial charge in [-0.25, -0.2) is 9.78 Å². The number of rotatable bonds is 7. The predicted molar refractivity (Wildman–Crippen MR) is 140 cm³/mol. The highest BCUT2D eigenvalue weighted by molar-refractivity contribution is 5.97. The highest BCUT2D eigenvalue weighted by Gasteiger charge is 2.38. The highest BCUT2D eigenvalue weighted by atomic mass is 19.4. The second-order valence-electron chi connectivity index (χ2n) is 8.32. The maximum Gasteiger partial charge on any atom is 0.490 e. The third kappa shape index (κ3) is 7.57. The van der Waals surface area contributed by atoms with Crippen LogP contribution in [0.3, 0.4) is 0 Å². The molecule has 5 N–H and O–H groups in total. The molecular formula is C27H27F3N6O3. The Hall–Kier alpha value is -4.87. The van der Waals surface area contributed by atoms with E-state index in [-0.39, 0.29) is 11.9 Å². The average molecular weight is 541 g/mol. The Balaban J connectivity index is 0.000000532. The molecule has 12 heteroatoms. The van der Waals surface area contributed by atoms with Crippen molar-refractivity contribution in [2.45, 2.75) is 25.6 Å². The number of amidine groups is 1. The van der Waals surface area contributed by atoms with E-state index in [1.807, 2.05) is 66.3 Å². The molecule has 0 aliphatic rings. The van der Waals surface area contributed by atoms with E-state index in [1.54, 1.807) is 0 Å². The number of carbonyl (C=O) groups is 1. The maximum absolute atomic E-state index is 10.6. The number of aryl methyl sites for hydroxylation is 2. The van der Waals surface area contributed by atoms with Crippen LogP contribution in [0.5, 0.6) is 0 Å². The Labute approximate surface area is 222 Å². The van der Waals surface area contributed by atoms with Gasteiger partial charge in [-0.3, -0.25) is 4.68 Å². The van der Waals surface area contributed by atoms with Gasteiger partial charge in [-0.2, -0.15) is 18.3 Å².